The van der Waals surface area contributed by atoms with Gasteiger partial charge in [0.05, 0.1) is 36.0 Å². The zero-order chi connectivity index (χ0) is 23.7. The molecule has 1 aliphatic heterocycles. The van der Waals surface area contributed by atoms with E-state index >= 15 is 0 Å². The van der Waals surface area contributed by atoms with Gasteiger partial charge in [0, 0.05) is 42.6 Å². The highest BCUT2D eigenvalue weighted by Crippen LogP contribution is 2.32. The Morgan fingerprint density at radius 2 is 1.91 bits per heavy atom. The van der Waals surface area contributed by atoms with E-state index in [9.17, 15) is 9.59 Å². The lowest BCUT2D eigenvalue weighted by molar-refractivity contribution is 0.0997. The summed E-state index contributed by atoms with van der Waals surface area (Å²) in [5.41, 5.74) is 9.66. The van der Waals surface area contributed by atoms with Gasteiger partial charge in [-0.1, -0.05) is 11.6 Å². The lowest BCUT2D eigenvalue weighted by Crippen LogP contribution is -2.41. The Hall–Kier alpha value is -4.03. The van der Waals surface area contributed by atoms with Gasteiger partial charge >= 0.3 is 6.03 Å². The van der Waals surface area contributed by atoms with Crippen molar-refractivity contribution in [3.63, 3.8) is 0 Å². The third-order valence-electron chi connectivity index (χ3n) is 5.45. The predicted molar refractivity (Wildman–Crippen MR) is 126 cm³/mol. The molecule has 0 saturated carbocycles. The second-order valence-corrected chi connectivity index (χ2v) is 8.33. The summed E-state index contributed by atoms with van der Waals surface area (Å²) in [4.78, 5) is 28.8. The molecule has 0 atom stereocenters. The number of nitriles is 1. The maximum absolute atomic E-state index is 12.8. The van der Waals surface area contributed by atoms with Crippen molar-refractivity contribution in [1.82, 2.24) is 14.7 Å². The van der Waals surface area contributed by atoms with Crippen LogP contribution >= 0.6 is 11.6 Å². The molecule has 0 bridgehead atoms. The van der Waals surface area contributed by atoms with Crippen molar-refractivity contribution in [2.45, 2.75) is 13.1 Å². The number of rotatable bonds is 4. The number of halogens is 1. The summed E-state index contributed by atoms with van der Waals surface area (Å²) in [6.07, 6.45) is 0. The SMILES string of the molecule is CN(C)c1cc(Cl)cc(-c2nn3c(c2C(N)=O)CN(C(=O)Nc2ccc(C#N)cc2)CC3)c1. The van der Waals surface area contributed by atoms with Gasteiger partial charge in [-0.2, -0.15) is 10.4 Å². The number of hydrogen-bond donors (Lipinski definition) is 2. The first kappa shape index (κ1) is 22.2. The first-order valence-corrected chi connectivity index (χ1v) is 10.6. The Bertz CT molecular complexity index is 1280. The molecular formula is C23H22ClN7O2. The molecule has 0 fully saturated rings. The monoisotopic (exact) mass is 463 g/mol. The minimum Gasteiger partial charge on any atom is -0.378 e. The first-order chi connectivity index (χ1) is 15.8. The minimum atomic E-state index is -0.619. The van der Waals surface area contributed by atoms with Gasteiger partial charge in [0.2, 0.25) is 0 Å². The van der Waals surface area contributed by atoms with Crippen molar-refractivity contribution in [2.24, 2.45) is 5.73 Å². The van der Waals surface area contributed by atoms with Gasteiger partial charge < -0.3 is 20.9 Å². The molecule has 1 aromatic heterocycles. The molecule has 3 aromatic rings. The highest BCUT2D eigenvalue weighted by Gasteiger charge is 2.30. The normalized spacial score (nSPS) is 12.6. The molecule has 0 spiro atoms. The smallest absolute Gasteiger partial charge is 0.322 e. The molecule has 0 saturated heterocycles. The highest BCUT2D eigenvalue weighted by atomic mass is 35.5. The topological polar surface area (TPSA) is 120 Å². The average Bonchev–Trinajstić information content (AvgIpc) is 3.18. The van der Waals surface area contributed by atoms with Crippen LogP contribution in [0.15, 0.2) is 42.5 Å². The molecule has 0 unspecified atom stereocenters. The molecule has 9 nitrogen and oxygen atoms in total. The highest BCUT2D eigenvalue weighted by molar-refractivity contribution is 6.31. The Labute approximate surface area is 195 Å². The van der Waals surface area contributed by atoms with E-state index in [-0.39, 0.29) is 18.1 Å². The minimum absolute atomic E-state index is 0.175. The Kier molecular flexibility index (Phi) is 5.94. The van der Waals surface area contributed by atoms with Crippen LogP contribution in [0.5, 0.6) is 0 Å². The number of aromatic nitrogens is 2. The number of carbonyl (C=O) groups excluding carboxylic acids is 2. The fraction of sp³-hybridized carbons (Fsp3) is 0.217. The number of carbonyl (C=O) groups is 2. The number of primary amides is 1. The quantitative estimate of drug-likeness (QED) is 0.615. The van der Waals surface area contributed by atoms with Crippen molar-refractivity contribution in [2.75, 3.05) is 30.9 Å². The fourth-order valence-electron chi connectivity index (χ4n) is 3.75. The van der Waals surface area contributed by atoms with Crippen LogP contribution in [0.3, 0.4) is 0 Å². The molecule has 3 N–H and O–H groups in total. The molecule has 168 valence electrons. The average molecular weight is 464 g/mol. The van der Waals surface area contributed by atoms with E-state index in [0.717, 1.165) is 5.69 Å². The van der Waals surface area contributed by atoms with E-state index in [1.54, 1.807) is 39.9 Å². The van der Waals surface area contributed by atoms with Crippen LogP contribution < -0.4 is 16.0 Å². The van der Waals surface area contributed by atoms with Crippen molar-refractivity contribution >= 4 is 34.9 Å². The van der Waals surface area contributed by atoms with Crippen molar-refractivity contribution < 1.29 is 9.59 Å². The Morgan fingerprint density at radius 1 is 1.18 bits per heavy atom. The van der Waals surface area contributed by atoms with Crippen molar-refractivity contribution in [1.29, 1.82) is 5.26 Å². The third kappa shape index (κ3) is 4.47. The van der Waals surface area contributed by atoms with E-state index < -0.39 is 5.91 Å². The summed E-state index contributed by atoms with van der Waals surface area (Å²) >= 11 is 6.31. The van der Waals surface area contributed by atoms with E-state index in [1.807, 2.05) is 37.2 Å². The maximum Gasteiger partial charge on any atom is 0.322 e. The largest absolute Gasteiger partial charge is 0.378 e. The Balaban J connectivity index is 1.64. The predicted octanol–water partition coefficient (Wildman–Crippen LogP) is 3.29. The molecule has 0 aliphatic carbocycles. The number of urea groups is 1. The van der Waals surface area contributed by atoms with Gasteiger partial charge in [0.25, 0.3) is 5.91 Å². The summed E-state index contributed by atoms with van der Waals surface area (Å²) in [6.45, 7) is 0.999. The summed E-state index contributed by atoms with van der Waals surface area (Å²) in [5.74, 6) is -0.619. The molecule has 0 radical (unpaired) electrons. The molecular weight excluding hydrogens is 442 g/mol. The number of benzene rings is 2. The fourth-order valence-corrected chi connectivity index (χ4v) is 3.98. The van der Waals surface area contributed by atoms with Gasteiger partial charge in [-0.05, 0) is 42.5 Å². The summed E-state index contributed by atoms with van der Waals surface area (Å²) in [6, 6.07) is 13.8. The van der Waals surface area contributed by atoms with Crippen LogP contribution in [-0.2, 0) is 13.1 Å². The zero-order valence-corrected chi connectivity index (χ0v) is 18.9. The van der Waals surface area contributed by atoms with E-state index in [0.29, 0.717) is 46.3 Å². The van der Waals surface area contributed by atoms with Gasteiger partial charge in [0.15, 0.2) is 0 Å². The molecule has 4 rings (SSSR count). The van der Waals surface area contributed by atoms with E-state index in [2.05, 4.69) is 10.4 Å². The second-order valence-electron chi connectivity index (χ2n) is 7.89. The number of anilines is 2. The van der Waals surface area contributed by atoms with E-state index in [4.69, 9.17) is 22.6 Å². The van der Waals surface area contributed by atoms with Crippen LogP contribution in [0.2, 0.25) is 5.02 Å². The van der Waals surface area contributed by atoms with Crippen LogP contribution in [-0.4, -0.2) is 47.3 Å². The van der Waals surface area contributed by atoms with Crippen molar-refractivity contribution in [3.05, 3.63) is 64.3 Å². The molecule has 33 heavy (non-hydrogen) atoms. The number of nitrogens with one attached hydrogen (secondary N) is 1. The van der Waals surface area contributed by atoms with Gasteiger partial charge in [0.1, 0.15) is 5.69 Å². The van der Waals surface area contributed by atoms with Crippen LogP contribution in [0.25, 0.3) is 11.3 Å². The third-order valence-corrected chi connectivity index (χ3v) is 5.67. The number of nitrogens with zero attached hydrogens (tertiary/aromatic N) is 5. The number of amides is 3. The zero-order valence-electron chi connectivity index (χ0n) is 18.2. The second kappa shape index (κ2) is 8.84. The molecule has 1 aliphatic rings. The molecule has 2 aromatic carbocycles. The summed E-state index contributed by atoms with van der Waals surface area (Å²) in [5, 5.41) is 16.9. The molecule has 2 heterocycles. The summed E-state index contributed by atoms with van der Waals surface area (Å²) in [7, 11) is 3.79. The van der Waals surface area contributed by atoms with E-state index in [1.165, 1.54) is 0 Å². The summed E-state index contributed by atoms with van der Waals surface area (Å²) < 4.78 is 1.72. The maximum atomic E-state index is 12.8. The number of nitrogens with two attached hydrogens (primary N) is 1. The number of hydrogen-bond acceptors (Lipinski definition) is 5. The van der Waals surface area contributed by atoms with Crippen molar-refractivity contribution in [3.8, 4) is 17.3 Å². The molecule has 3 amide bonds. The number of fused-ring (bicyclic) bond motifs is 1. The van der Waals surface area contributed by atoms with Gasteiger partial charge in [-0.3, -0.25) is 9.48 Å². The first-order valence-electron chi connectivity index (χ1n) is 10.2. The standard InChI is InChI=1S/C23H22ClN7O2/c1-29(2)18-10-15(9-16(24)11-18)21-20(22(26)32)19-13-30(7-8-31(19)28-21)23(33)27-17-5-3-14(12-25)4-6-17/h3-6,9-11H,7-8,13H2,1-2H3,(H2,26,32)(H,27,33). The van der Waals surface area contributed by atoms with Crippen LogP contribution in [0, 0.1) is 11.3 Å². The molecule has 10 heteroatoms. The lowest BCUT2D eigenvalue weighted by atomic mass is 10.0. The van der Waals surface area contributed by atoms with Gasteiger partial charge in [-0.25, -0.2) is 4.79 Å². The lowest BCUT2D eigenvalue weighted by Gasteiger charge is -2.28. The van der Waals surface area contributed by atoms with Gasteiger partial charge in [-0.15, -0.1) is 0 Å². The van der Waals surface area contributed by atoms with Crippen LogP contribution in [0.4, 0.5) is 16.2 Å². The Morgan fingerprint density at radius 3 is 2.55 bits per heavy atom. The van der Waals surface area contributed by atoms with Crippen LogP contribution in [0.1, 0.15) is 21.6 Å².